The van der Waals surface area contributed by atoms with Gasteiger partial charge in [-0.05, 0) is 85.8 Å². The fourth-order valence-corrected chi connectivity index (χ4v) is 5.09. The summed E-state index contributed by atoms with van der Waals surface area (Å²) in [5.41, 5.74) is 1.73. The zero-order valence-electron chi connectivity index (χ0n) is 19.0. The molecule has 1 spiro atoms. The lowest BCUT2D eigenvalue weighted by molar-refractivity contribution is -0.125. The highest BCUT2D eigenvalue weighted by Gasteiger charge is 2.48. The molecule has 182 valence electrons. The topological polar surface area (TPSA) is 116 Å². The van der Waals surface area contributed by atoms with Gasteiger partial charge in [-0.25, -0.2) is 4.79 Å². The second kappa shape index (κ2) is 10.7. The Balaban J connectivity index is 0.000000193. The average Bonchev–Trinajstić information content (AvgIpc) is 3.09. The number of hydrogen-bond acceptors (Lipinski definition) is 5. The van der Waals surface area contributed by atoms with E-state index >= 15 is 0 Å². The summed E-state index contributed by atoms with van der Waals surface area (Å²) in [6, 6.07) is 14.2. The molecule has 7 nitrogen and oxygen atoms in total. The summed E-state index contributed by atoms with van der Waals surface area (Å²) in [5, 5.41) is 23.5. The molecular weight excluding hydrogens is 439 g/mol. The molecule has 2 saturated carbocycles. The number of urea groups is 1. The lowest BCUT2D eigenvalue weighted by Gasteiger charge is -2.34. The van der Waals surface area contributed by atoms with E-state index in [1.165, 1.54) is 11.1 Å². The van der Waals surface area contributed by atoms with Crippen LogP contribution in [0, 0.1) is 0 Å². The van der Waals surface area contributed by atoms with Crippen LogP contribution in [0.25, 0.3) is 0 Å². The second-order valence-corrected chi connectivity index (χ2v) is 9.26. The average molecular weight is 471 g/mol. The van der Waals surface area contributed by atoms with Crippen LogP contribution in [0.2, 0.25) is 0 Å². The first-order valence-electron chi connectivity index (χ1n) is 11.6. The summed E-state index contributed by atoms with van der Waals surface area (Å²) >= 11 is 0. The molecule has 0 aromatic heterocycles. The molecule has 1 saturated heterocycles. The standard InChI is InChI=1S/C14H16N2O3.C12H14O2.FH/c17-11-3-1-9(2-4-11)10-5-7-14(8-6-10)12(18)15-13(19)16-14;13-11-5-1-9(2-6-11)10-3-7-12(14)8-4-10;/h1-4,10,17H,5-8H2,(H2,15,16,18,19);1-2,5-6,10,13H,3-4,7-8H2;1H. The molecule has 1 heterocycles. The number of halogens is 1. The molecule has 0 radical (unpaired) electrons. The van der Waals surface area contributed by atoms with Gasteiger partial charge in [0.1, 0.15) is 22.8 Å². The van der Waals surface area contributed by atoms with Gasteiger partial charge in [-0.2, -0.15) is 0 Å². The van der Waals surface area contributed by atoms with Gasteiger partial charge in [-0.15, -0.1) is 0 Å². The third-order valence-corrected chi connectivity index (χ3v) is 7.13. The minimum absolute atomic E-state index is 0. The maximum atomic E-state index is 11.8. The summed E-state index contributed by atoms with van der Waals surface area (Å²) in [5.74, 6) is 1.66. The second-order valence-electron chi connectivity index (χ2n) is 9.26. The molecule has 2 aromatic rings. The van der Waals surface area contributed by atoms with E-state index in [1.807, 2.05) is 24.3 Å². The quantitative estimate of drug-likeness (QED) is 0.486. The molecule has 1 aliphatic heterocycles. The van der Waals surface area contributed by atoms with Gasteiger partial charge >= 0.3 is 6.03 Å². The summed E-state index contributed by atoms with van der Waals surface area (Å²) < 4.78 is 0. The molecule has 5 rings (SSSR count). The molecule has 34 heavy (non-hydrogen) atoms. The first-order chi connectivity index (χ1) is 15.8. The van der Waals surface area contributed by atoms with Gasteiger partial charge in [-0.1, -0.05) is 24.3 Å². The number of carbonyl (C=O) groups is 3. The number of ketones is 1. The van der Waals surface area contributed by atoms with Crippen LogP contribution in [0.15, 0.2) is 48.5 Å². The van der Waals surface area contributed by atoms with E-state index in [0.717, 1.165) is 25.7 Å². The number of carbonyl (C=O) groups excluding carboxylic acids is 3. The fourth-order valence-electron chi connectivity index (χ4n) is 5.09. The van der Waals surface area contributed by atoms with E-state index in [0.29, 0.717) is 49.1 Å². The van der Waals surface area contributed by atoms with Gasteiger partial charge in [-0.3, -0.25) is 19.6 Å². The van der Waals surface area contributed by atoms with Gasteiger partial charge in [0.2, 0.25) is 0 Å². The highest BCUT2D eigenvalue weighted by molar-refractivity contribution is 6.07. The first-order valence-corrected chi connectivity index (χ1v) is 11.6. The van der Waals surface area contributed by atoms with Crippen molar-refractivity contribution in [2.24, 2.45) is 0 Å². The van der Waals surface area contributed by atoms with E-state index in [1.54, 1.807) is 24.3 Å². The number of benzene rings is 2. The van der Waals surface area contributed by atoms with Crippen LogP contribution in [-0.4, -0.2) is 33.5 Å². The van der Waals surface area contributed by atoms with Crippen molar-refractivity contribution in [1.29, 1.82) is 0 Å². The Labute approximate surface area is 197 Å². The minimum Gasteiger partial charge on any atom is -0.508 e. The molecule has 3 fully saturated rings. The smallest absolute Gasteiger partial charge is 0.322 e. The van der Waals surface area contributed by atoms with Crippen molar-refractivity contribution >= 4 is 17.7 Å². The highest BCUT2D eigenvalue weighted by atomic mass is 19.0. The molecule has 8 heteroatoms. The van der Waals surface area contributed by atoms with Crippen molar-refractivity contribution in [3.63, 3.8) is 0 Å². The molecule has 2 aromatic carbocycles. The number of amides is 3. The molecule has 0 atom stereocenters. The summed E-state index contributed by atoms with van der Waals surface area (Å²) in [6.45, 7) is 0. The monoisotopic (exact) mass is 470 g/mol. The lowest BCUT2D eigenvalue weighted by atomic mass is 9.74. The predicted molar refractivity (Wildman–Crippen MR) is 126 cm³/mol. The van der Waals surface area contributed by atoms with Crippen molar-refractivity contribution in [2.75, 3.05) is 0 Å². The van der Waals surface area contributed by atoms with Crippen LogP contribution in [0.1, 0.15) is 74.3 Å². The summed E-state index contributed by atoms with van der Waals surface area (Å²) in [7, 11) is 0. The van der Waals surface area contributed by atoms with Crippen LogP contribution in [-0.2, 0) is 9.59 Å². The van der Waals surface area contributed by atoms with E-state index < -0.39 is 5.54 Å². The largest absolute Gasteiger partial charge is 0.508 e. The summed E-state index contributed by atoms with van der Waals surface area (Å²) in [6.07, 6.45) is 6.40. The molecule has 3 aliphatic rings. The van der Waals surface area contributed by atoms with Gasteiger partial charge < -0.3 is 15.5 Å². The fraction of sp³-hybridized carbons (Fsp3) is 0.423. The predicted octanol–water partition coefficient (Wildman–Crippen LogP) is 4.40. The lowest BCUT2D eigenvalue weighted by Crippen LogP contribution is -2.49. The van der Waals surface area contributed by atoms with Gasteiger partial charge in [0.05, 0.1) is 0 Å². The van der Waals surface area contributed by atoms with Gasteiger partial charge in [0, 0.05) is 12.8 Å². The number of hydrogen-bond donors (Lipinski definition) is 4. The van der Waals surface area contributed by atoms with Crippen molar-refractivity contribution in [3.8, 4) is 11.5 Å². The normalized spacial score (nSPS) is 24.5. The van der Waals surface area contributed by atoms with E-state index in [-0.39, 0.29) is 22.4 Å². The number of rotatable bonds is 2. The first kappa shape index (κ1) is 25.2. The van der Waals surface area contributed by atoms with Crippen LogP contribution in [0.4, 0.5) is 9.50 Å². The van der Waals surface area contributed by atoms with Crippen LogP contribution in [0.3, 0.4) is 0 Å². The van der Waals surface area contributed by atoms with Gasteiger partial charge in [0.15, 0.2) is 0 Å². The van der Waals surface area contributed by atoms with Crippen LogP contribution >= 0.6 is 0 Å². The minimum atomic E-state index is -0.690. The van der Waals surface area contributed by atoms with Crippen LogP contribution < -0.4 is 10.6 Å². The van der Waals surface area contributed by atoms with Gasteiger partial charge in [0.25, 0.3) is 5.91 Å². The summed E-state index contributed by atoms with van der Waals surface area (Å²) in [4.78, 5) is 34.1. The molecular formula is C26H31FN2O5. The van der Waals surface area contributed by atoms with E-state index in [2.05, 4.69) is 10.6 Å². The maximum absolute atomic E-state index is 11.8. The third kappa shape index (κ3) is 5.73. The number of phenolic OH excluding ortho intramolecular Hbond substituents is 2. The van der Waals surface area contributed by atoms with Crippen molar-refractivity contribution in [1.82, 2.24) is 10.6 Å². The highest BCUT2D eigenvalue weighted by Crippen LogP contribution is 2.39. The third-order valence-electron chi connectivity index (χ3n) is 7.13. The Morgan fingerprint density at radius 3 is 1.56 bits per heavy atom. The molecule has 0 bridgehead atoms. The Kier molecular flexibility index (Phi) is 7.91. The number of nitrogens with one attached hydrogen (secondary N) is 2. The Morgan fingerprint density at radius 2 is 1.15 bits per heavy atom. The molecule has 0 unspecified atom stereocenters. The maximum Gasteiger partial charge on any atom is 0.322 e. The van der Waals surface area contributed by atoms with E-state index in [9.17, 15) is 19.5 Å². The number of phenols is 2. The Hall–Kier alpha value is -3.42. The van der Waals surface area contributed by atoms with Crippen molar-refractivity contribution in [2.45, 2.75) is 68.7 Å². The zero-order valence-corrected chi connectivity index (χ0v) is 19.0. The zero-order chi connectivity index (χ0) is 23.4. The number of Topliss-reactive ketones (excluding diaryl/α,β-unsaturated/α-hetero) is 1. The SMILES string of the molecule is F.O=C1CCC(c2ccc(O)cc2)CC1.O=C1NC(=O)C2(CCC(c3ccc(O)cc3)CC2)N1. The van der Waals surface area contributed by atoms with E-state index in [4.69, 9.17) is 5.11 Å². The Morgan fingerprint density at radius 1 is 0.706 bits per heavy atom. The molecule has 2 aliphatic carbocycles. The van der Waals surface area contributed by atoms with Crippen molar-refractivity contribution in [3.05, 3.63) is 59.7 Å². The number of aromatic hydroxyl groups is 2. The molecule has 4 N–H and O–H groups in total. The number of imide groups is 1. The van der Waals surface area contributed by atoms with Crippen molar-refractivity contribution < 1.29 is 29.3 Å². The Bertz CT molecular complexity index is 1000. The molecule has 3 amide bonds. The van der Waals surface area contributed by atoms with Crippen LogP contribution in [0.5, 0.6) is 11.5 Å².